The minimum absolute atomic E-state index is 0.352. The fraction of sp³-hybridized carbons (Fsp3) is 0.353. The summed E-state index contributed by atoms with van der Waals surface area (Å²) in [5.74, 6) is 0. The zero-order valence-corrected chi connectivity index (χ0v) is 12.6. The van der Waals surface area contributed by atoms with E-state index in [9.17, 15) is 0 Å². The highest BCUT2D eigenvalue weighted by Crippen LogP contribution is 2.27. The maximum absolute atomic E-state index is 4.51. The summed E-state index contributed by atoms with van der Waals surface area (Å²) in [6.45, 7) is 2.23. The molecule has 2 heterocycles. The molecule has 0 bridgehead atoms. The summed E-state index contributed by atoms with van der Waals surface area (Å²) in [5.41, 5.74) is 7.10. The van der Waals surface area contributed by atoms with E-state index in [1.54, 1.807) is 11.3 Å². The Morgan fingerprint density at radius 2 is 2.10 bits per heavy atom. The van der Waals surface area contributed by atoms with E-state index >= 15 is 0 Å². The Morgan fingerprint density at radius 1 is 1.25 bits per heavy atom. The summed E-state index contributed by atoms with van der Waals surface area (Å²) in [7, 11) is 0. The number of hydrazone groups is 1. The molecule has 0 saturated heterocycles. The van der Waals surface area contributed by atoms with Crippen LogP contribution in [0.1, 0.15) is 48.2 Å². The van der Waals surface area contributed by atoms with Crippen LogP contribution >= 0.6 is 11.3 Å². The number of hydrogen-bond donors (Lipinski definition) is 1. The van der Waals surface area contributed by atoms with Gasteiger partial charge in [-0.2, -0.15) is 5.10 Å². The molecule has 2 aromatic rings. The van der Waals surface area contributed by atoms with E-state index in [2.05, 4.69) is 59.2 Å². The second kappa shape index (κ2) is 6.23. The minimum Gasteiger partial charge on any atom is -0.301 e. The van der Waals surface area contributed by atoms with Crippen LogP contribution in [0.3, 0.4) is 0 Å². The van der Waals surface area contributed by atoms with Gasteiger partial charge in [0.05, 0.1) is 11.8 Å². The number of nitrogens with zero attached hydrogens (tertiary/aromatic N) is 1. The predicted octanol–water partition coefficient (Wildman–Crippen LogP) is 4.53. The molecule has 0 saturated carbocycles. The molecule has 3 rings (SSSR count). The molecule has 1 unspecified atom stereocenters. The zero-order chi connectivity index (χ0) is 13.8. The average Bonchev–Trinajstić information content (AvgIpc) is 3.16. The van der Waals surface area contributed by atoms with Gasteiger partial charge in [0.1, 0.15) is 0 Å². The van der Waals surface area contributed by atoms with Gasteiger partial charge in [-0.05, 0) is 35.4 Å². The molecule has 1 aliphatic heterocycles. The van der Waals surface area contributed by atoms with Crippen LogP contribution in [0, 0.1) is 0 Å². The van der Waals surface area contributed by atoms with E-state index in [0.717, 1.165) is 6.42 Å². The fourth-order valence-corrected chi connectivity index (χ4v) is 3.29. The number of aryl methyl sites for hydroxylation is 1. The minimum atomic E-state index is 0.352. The molecular weight excluding hydrogens is 264 g/mol. The van der Waals surface area contributed by atoms with Gasteiger partial charge in [-0.25, -0.2) is 0 Å². The van der Waals surface area contributed by atoms with Crippen molar-refractivity contribution in [2.75, 3.05) is 0 Å². The standard InChI is InChI=1S/C17H20N2S/c1-2-3-5-13-7-9-14(10-8-13)15-12-16(19-18-15)17-6-4-11-20-17/h4,6-11,16,19H,2-3,5,12H2,1H3. The topological polar surface area (TPSA) is 24.4 Å². The van der Waals surface area contributed by atoms with E-state index in [0.29, 0.717) is 6.04 Å². The third-order valence-electron chi connectivity index (χ3n) is 3.75. The monoisotopic (exact) mass is 284 g/mol. The third-order valence-corrected chi connectivity index (χ3v) is 4.73. The molecule has 1 aliphatic rings. The summed E-state index contributed by atoms with van der Waals surface area (Å²) in [5, 5.41) is 6.63. The van der Waals surface area contributed by atoms with Crippen molar-refractivity contribution in [1.82, 2.24) is 5.43 Å². The van der Waals surface area contributed by atoms with Crippen LogP contribution in [0.5, 0.6) is 0 Å². The van der Waals surface area contributed by atoms with Crippen LogP contribution in [-0.2, 0) is 6.42 Å². The van der Waals surface area contributed by atoms with Gasteiger partial charge in [0.25, 0.3) is 0 Å². The lowest BCUT2D eigenvalue weighted by Crippen LogP contribution is -2.07. The van der Waals surface area contributed by atoms with Crippen molar-refractivity contribution in [3.8, 4) is 0 Å². The smallest absolute Gasteiger partial charge is 0.0838 e. The Hall–Kier alpha value is -1.61. The van der Waals surface area contributed by atoms with Crippen molar-refractivity contribution in [3.05, 3.63) is 57.8 Å². The molecule has 3 heteroatoms. The van der Waals surface area contributed by atoms with E-state index in [-0.39, 0.29) is 0 Å². The second-order valence-corrected chi connectivity index (χ2v) is 6.24. The molecule has 0 radical (unpaired) electrons. The molecule has 2 nitrogen and oxygen atoms in total. The van der Waals surface area contributed by atoms with Crippen molar-refractivity contribution < 1.29 is 0 Å². The largest absolute Gasteiger partial charge is 0.301 e. The molecule has 0 spiro atoms. The average molecular weight is 284 g/mol. The van der Waals surface area contributed by atoms with Crippen LogP contribution in [0.2, 0.25) is 0 Å². The Bertz CT molecular complexity index is 570. The highest BCUT2D eigenvalue weighted by Gasteiger charge is 2.21. The lowest BCUT2D eigenvalue weighted by atomic mass is 10.0. The number of benzene rings is 1. The first-order valence-corrected chi connectivity index (χ1v) is 8.19. The Balaban J connectivity index is 1.65. The van der Waals surface area contributed by atoms with Gasteiger partial charge < -0.3 is 5.43 Å². The molecule has 1 aromatic heterocycles. The van der Waals surface area contributed by atoms with Crippen LogP contribution < -0.4 is 5.43 Å². The summed E-state index contributed by atoms with van der Waals surface area (Å²) in [6, 6.07) is 13.5. The summed E-state index contributed by atoms with van der Waals surface area (Å²) in [4.78, 5) is 1.36. The lowest BCUT2D eigenvalue weighted by molar-refractivity contribution is 0.630. The molecule has 104 valence electrons. The highest BCUT2D eigenvalue weighted by atomic mass is 32.1. The number of rotatable bonds is 5. The van der Waals surface area contributed by atoms with Crippen LogP contribution in [0.4, 0.5) is 0 Å². The van der Waals surface area contributed by atoms with Crippen molar-refractivity contribution in [2.45, 2.75) is 38.6 Å². The summed E-state index contributed by atoms with van der Waals surface area (Å²) in [6.07, 6.45) is 4.68. The molecule has 1 N–H and O–H groups in total. The van der Waals surface area contributed by atoms with Gasteiger partial charge in [0.15, 0.2) is 0 Å². The van der Waals surface area contributed by atoms with E-state index in [1.165, 1.54) is 41.0 Å². The number of hydrogen-bond acceptors (Lipinski definition) is 3. The van der Waals surface area contributed by atoms with Crippen molar-refractivity contribution in [2.24, 2.45) is 5.10 Å². The molecule has 0 aliphatic carbocycles. The maximum atomic E-state index is 4.51. The first kappa shape index (κ1) is 13.4. The highest BCUT2D eigenvalue weighted by molar-refractivity contribution is 7.10. The molecule has 0 fully saturated rings. The van der Waals surface area contributed by atoms with Gasteiger partial charge in [0, 0.05) is 11.3 Å². The first-order chi connectivity index (χ1) is 9.86. The summed E-state index contributed by atoms with van der Waals surface area (Å²) >= 11 is 1.79. The van der Waals surface area contributed by atoms with Gasteiger partial charge in [0.2, 0.25) is 0 Å². The maximum Gasteiger partial charge on any atom is 0.0838 e. The quantitative estimate of drug-likeness (QED) is 0.857. The van der Waals surface area contributed by atoms with Gasteiger partial charge in [-0.15, -0.1) is 11.3 Å². The van der Waals surface area contributed by atoms with E-state index < -0.39 is 0 Å². The molecule has 1 atom stereocenters. The van der Waals surface area contributed by atoms with Gasteiger partial charge in [-0.3, -0.25) is 0 Å². The van der Waals surface area contributed by atoms with Gasteiger partial charge in [-0.1, -0.05) is 43.7 Å². The second-order valence-electron chi connectivity index (χ2n) is 5.26. The van der Waals surface area contributed by atoms with Crippen LogP contribution in [0.25, 0.3) is 0 Å². The number of nitrogens with one attached hydrogen (secondary N) is 1. The van der Waals surface area contributed by atoms with Crippen molar-refractivity contribution in [3.63, 3.8) is 0 Å². The molecule has 1 aromatic carbocycles. The van der Waals surface area contributed by atoms with Crippen molar-refractivity contribution >= 4 is 17.0 Å². The van der Waals surface area contributed by atoms with Crippen molar-refractivity contribution in [1.29, 1.82) is 0 Å². The Morgan fingerprint density at radius 3 is 2.80 bits per heavy atom. The molecule has 20 heavy (non-hydrogen) atoms. The number of thiophene rings is 1. The predicted molar refractivity (Wildman–Crippen MR) is 86.4 cm³/mol. The number of unbranched alkanes of at least 4 members (excludes halogenated alkanes) is 1. The fourth-order valence-electron chi connectivity index (χ4n) is 2.52. The molecule has 0 amide bonds. The normalized spacial score (nSPS) is 17.9. The van der Waals surface area contributed by atoms with Gasteiger partial charge >= 0.3 is 0 Å². The SMILES string of the molecule is CCCCc1ccc(C2=NNC(c3cccs3)C2)cc1. The van der Waals surface area contributed by atoms with E-state index in [1.807, 2.05) is 0 Å². The Kier molecular flexibility index (Phi) is 4.16. The first-order valence-electron chi connectivity index (χ1n) is 7.31. The summed E-state index contributed by atoms with van der Waals surface area (Å²) < 4.78 is 0. The zero-order valence-electron chi connectivity index (χ0n) is 11.8. The molecular formula is C17H20N2S. The lowest BCUT2D eigenvalue weighted by Gasteiger charge is -2.06. The third kappa shape index (κ3) is 2.93. The van der Waals surface area contributed by atoms with E-state index in [4.69, 9.17) is 0 Å². The van der Waals surface area contributed by atoms with Crippen LogP contribution in [-0.4, -0.2) is 5.71 Å². The Labute approximate surface area is 124 Å². The van der Waals surface area contributed by atoms with Crippen LogP contribution in [0.15, 0.2) is 46.9 Å².